The molecule has 1 amide bonds. The summed E-state index contributed by atoms with van der Waals surface area (Å²) in [6.45, 7) is 6.30. The average Bonchev–Trinajstić information content (AvgIpc) is 3.25. The van der Waals surface area contributed by atoms with Crippen molar-refractivity contribution < 1.29 is 4.79 Å². The first kappa shape index (κ1) is 13.4. The number of carbonyl (C=O) groups is 1. The third-order valence-electron chi connectivity index (χ3n) is 4.76. The molecule has 0 aromatic heterocycles. The Balaban J connectivity index is 1.45. The summed E-state index contributed by atoms with van der Waals surface area (Å²) in [5.41, 5.74) is 0. The number of carbonyl (C=O) groups excluding carboxylic acids is 1. The van der Waals surface area contributed by atoms with E-state index in [1.54, 1.807) is 0 Å². The Morgan fingerprint density at radius 3 is 2.53 bits per heavy atom. The molecule has 2 saturated heterocycles. The molecular formula is C15H27N3O. The molecule has 3 aliphatic rings. The maximum atomic E-state index is 12.5. The van der Waals surface area contributed by atoms with Crippen LogP contribution in [0.1, 0.15) is 38.5 Å². The van der Waals surface area contributed by atoms with Gasteiger partial charge in [0.25, 0.3) is 0 Å². The monoisotopic (exact) mass is 265 g/mol. The minimum absolute atomic E-state index is 0.0949. The van der Waals surface area contributed by atoms with E-state index in [9.17, 15) is 4.79 Å². The van der Waals surface area contributed by atoms with Gasteiger partial charge in [-0.1, -0.05) is 12.8 Å². The Kier molecular flexibility index (Phi) is 4.38. The summed E-state index contributed by atoms with van der Waals surface area (Å²) in [6, 6.07) is 0.0949. The highest BCUT2D eigenvalue weighted by Crippen LogP contribution is 2.29. The van der Waals surface area contributed by atoms with E-state index in [1.807, 2.05) is 0 Å². The van der Waals surface area contributed by atoms with Crippen molar-refractivity contribution in [2.45, 2.75) is 44.6 Å². The van der Waals surface area contributed by atoms with Crippen LogP contribution >= 0.6 is 0 Å². The summed E-state index contributed by atoms with van der Waals surface area (Å²) in [5, 5.41) is 3.43. The van der Waals surface area contributed by atoms with E-state index in [1.165, 1.54) is 38.6 Å². The zero-order chi connectivity index (χ0) is 13.1. The number of hydrogen-bond acceptors (Lipinski definition) is 3. The van der Waals surface area contributed by atoms with E-state index >= 15 is 0 Å². The molecule has 1 unspecified atom stereocenters. The fraction of sp³-hybridized carbons (Fsp3) is 0.933. The predicted octanol–water partition coefficient (Wildman–Crippen LogP) is 1.07. The van der Waals surface area contributed by atoms with E-state index in [2.05, 4.69) is 15.1 Å². The molecule has 0 aromatic rings. The van der Waals surface area contributed by atoms with Gasteiger partial charge in [0.1, 0.15) is 0 Å². The summed E-state index contributed by atoms with van der Waals surface area (Å²) < 4.78 is 0. The fourth-order valence-corrected chi connectivity index (χ4v) is 3.28. The SMILES string of the molecule is O=C(C1CCCCCN1)N1CCN(CC2CC2)CC1. The Morgan fingerprint density at radius 2 is 1.79 bits per heavy atom. The Hall–Kier alpha value is -0.610. The van der Waals surface area contributed by atoms with E-state index in [0.717, 1.165) is 45.1 Å². The van der Waals surface area contributed by atoms with Crippen molar-refractivity contribution in [1.82, 2.24) is 15.1 Å². The van der Waals surface area contributed by atoms with Gasteiger partial charge in [-0.3, -0.25) is 9.69 Å². The first-order valence-electron chi connectivity index (χ1n) is 8.07. The molecule has 2 aliphatic heterocycles. The van der Waals surface area contributed by atoms with Crippen molar-refractivity contribution in [3.63, 3.8) is 0 Å². The molecule has 19 heavy (non-hydrogen) atoms. The van der Waals surface area contributed by atoms with Gasteiger partial charge in [-0.15, -0.1) is 0 Å². The molecular weight excluding hydrogens is 238 g/mol. The standard InChI is InChI=1S/C15H27N3O/c19-15(14-4-2-1-3-7-16-14)18-10-8-17(9-11-18)12-13-5-6-13/h13-14,16H,1-12H2. The van der Waals surface area contributed by atoms with Gasteiger partial charge in [-0.05, 0) is 38.1 Å². The molecule has 1 saturated carbocycles. The lowest BCUT2D eigenvalue weighted by Gasteiger charge is -2.36. The molecule has 4 nitrogen and oxygen atoms in total. The lowest BCUT2D eigenvalue weighted by Crippen LogP contribution is -2.54. The van der Waals surface area contributed by atoms with Crippen LogP contribution in [-0.2, 0) is 4.79 Å². The van der Waals surface area contributed by atoms with Crippen LogP contribution in [-0.4, -0.2) is 61.0 Å². The second kappa shape index (κ2) is 6.23. The Morgan fingerprint density at radius 1 is 1.00 bits per heavy atom. The molecule has 108 valence electrons. The molecule has 1 aliphatic carbocycles. The van der Waals surface area contributed by atoms with E-state index in [4.69, 9.17) is 0 Å². The third kappa shape index (κ3) is 3.69. The van der Waals surface area contributed by atoms with Gasteiger partial charge in [0.05, 0.1) is 6.04 Å². The van der Waals surface area contributed by atoms with Crippen LogP contribution < -0.4 is 5.32 Å². The molecule has 0 aromatic carbocycles. The largest absolute Gasteiger partial charge is 0.339 e. The Labute approximate surface area is 116 Å². The van der Waals surface area contributed by atoms with Crippen molar-refractivity contribution in [2.75, 3.05) is 39.3 Å². The molecule has 3 fully saturated rings. The quantitative estimate of drug-likeness (QED) is 0.829. The van der Waals surface area contributed by atoms with Crippen LogP contribution in [0.3, 0.4) is 0 Å². The first-order chi connectivity index (χ1) is 9.33. The molecule has 0 radical (unpaired) electrons. The zero-order valence-electron chi connectivity index (χ0n) is 11.9. The highest BCUT2D eigenvalue weighted by Gasteiger charge is 2.30. The number of piperazine rings is 1. The molecule has 4 heteroatoms. The lowest BCUT2D eigenvalue weighted by molar-refractivity contribution is -0.135. The third-order valence-corrected chi connectivity index (χ3v) is 4.76. The van der Waals surface area contributed by atoms with Gasteiger partial charge >= 0.3 is 0 Å². The zero-order valence-corrected chi connectivity index (χ0v) is 11.9. The van der Waals surface area contributed by atoms with E-state index < -0.39 is 0 Å². The van der Waals surface area contributed by atoms with Crippen molar-refractivity contribution in [2.24, 2.45) is 5.92 Å². The van der Waals surface area contributed by atoms with Crippen LogP contribution in [0.4, 0.5) is 0 Å². The molecule has 1 N–H and O–H groups in total. The van der Waals surface area contributed by atoms with Crippen LogP contribution in [0.5, 0.6) is 0 Å². The van der Waals surface area contributed by atoms with Crippen molar-refractivity contribution in [3.05, 3.63) is 0 Å². The lowest BCUT2D eigenvalue weighted by atomic mass is 10.1. The highest BCUT2D eigenvalue weighted by molar-refractivity contribution is 5.82. The number of amides is 1. The number of nitrogens with one attached hydrogen (secondary N) is 1. The number of hydrogen-bond donors (Lipinski definition) is 1. The minimum Gasteiger partial charge on any atom is -0.339 e. The van der Waals surface area contributed by atoms with Crippen LogP contribution in [0.25, 0.3) is 0 Å². The van der Waals surface area contributed by atoms with Crippen LogP contribution in [0, 0.1) is 5.92 Å². The van der Waals surface area contributed by atoms with E-state index in [0.29, 0.717) is 5.91 Å². The second-order valence-electron chi connectivity index (χ2n) is 6.43. The summed E-state index contributed by atoms with van der Waals surface area (Å²) in [4.78, 5) is 17.1. The molecule has 0 spiro atoms. The molecule has 3 rings (SSSR count). The normalized spacial score (nSPS) is 30.1. The van der Waals surface area contributed by atoms with Crippen LogP contribution in [0.2, 0.25) is 0 Å². The van der Waals surface area contributed by atoms with Gasteiger partial charge in [0.2, 0.25) is 5.91 Å². The summed E-state index contributed by atoms with van der Waals surface area (Å²) in [6.07, 6.45) is 7.56. The summed E-state index contributed by atoms with van der Waals surface area (Å²) in [7, 11) is 0. The Bertz CT molecular complexity index is 301. The summed E-state index contributed by atoms with van der Waals surface area (Å²) >= 11 is 0. The predicted molar refractivity (Wildman–Crippen MR) is 76.0 cm³/mol. The minimum atomic E-state index is 0.0949. The first-order valence-corrected chi connectivity index (χ1v) is 8.07. The topological polar surface area (TPSA) is 35.6 Å². The average molecular weight is 265 g/mol. The van der Waals surface area contributed by atoms with Gasteiger partial charge in [-0.2, -0.15) is 0 Å². The number of rotatable bonds is 3. The van der Waals surface area contributed by atoms with Crippen molar-refractivity contribution >= 4 is 5.91 Å². The van der Waals surface area contributed by atoms with Gasteiger partial charge < -0.3 is 10.2 Å². The second-order valence-corrected chi connectivity index (χ2v) is 6.43. The van der Waals surface area contributed by atoms with Gasteiger partial charge in [-0.25, -0.2) is 0 Å². The van der Waals surface area contributed by atoms with Gasteiger partial charge in [0.15, 0.2) is 0 Å². The smallest absolute Gasteiger partial charge is 0.239 e. The van der Waals surface area contributed by atoms with Crippen molar-refractivity contribution in [1.29, 1.82) is 0 Å². The van der Waals surface area contributed by atoms with Gasteiger partial charge in [0, 0.05) is 32.7 Å². The van der Waals surface area contributed by atoms with Crippen molar-refractivity contribution in [3.8, 4) is 0 Å². The highest BCUT2D eigenvalue weighted by atomic mass is 16.2. The van der Waals surface area contributed by atoms with E-state index in [-0.39, 0.29) is 6.04 Å². The van der Waals surface area contributed by atoms with Crippen LogP contribution in [0.15, 0.2) is 0 Å². The molecule has 2 heterocycles. The molecule has 0 bridgehead atoms. The molecule has 1 atom stereocenters. The number of nitrogens with zero attached hydrogens (tertiary/aromatic N) is 2. The fourth-order valence-electron chi connectivity index (χ4n) is 3.28. The maximum Gasteiger partial charge on any atom is 0.239 e. The maximum absolute atomic E-state index is 12.5. The summed E-state index contributed by atoms with van der Waals surface area (Å²) in [5.74, 6) is 1.32.